The van der Waals surface area contributed by atoms with Crippen LogP contribution in [-0.4, -0.2) is 39.2 Å². The van der Waals surface area contributed by atoms with E-state index in [2.05, 4.69) is 0 Å². The van der Waals surface area contributed by atoms with Gasteiger partial charge in [-0.25, -0.2) is 0 Å². The van der Waals surface area contributed by atoms with E-state index in [4.69, 9.17) is 12.2 Å². The zero-order valence-electron chi connectivity index (χ0n) is 7.46. The third-order valence-electron chi connectivity index (χ3n) is 1.29. The molecule has 1 atom stereocenters. The molecule has 0 aliphatic heterocycles. The predicted molar refractivity (Wildman–Crippen MR) is 54.4 cm³/mol. The van der Waals surface area contributed by atoms with Gasteiger partial charge in [0.05, 0.1) is 10.7 Å². The van der Waals surface area contributed by atoms with Crippen LogP contribution in [0.15, 0.2) is 0 Å². The van der Waals surface area contributed by atoms with Gasteiger partial charge in [0.25, 0.3) is 0 Å². The molecule has 0 aromatic carbocycles. The molecule has 1 unspecified atom stereocenters. The Morgan fingerprint density at radius 2 is 2.00 bits per heavy atom. The Labute approximate surface area is 76.4 Å². The van der Waals surface area contributed by atoms with Crippen molar-refractivity contribution in [3.05, 3.63) is 0 Å². The molecular formula is C7H15NOS2. The summed E-state index contributed by atoms with van der Waals surface area (Å²) in [7, 11) is 2.94. The van der Waals surface area contributed by atoms with Gasteiger partial charge in [0.2, 0.25) is 0 Å². The van der Waals surface area contributed by atoms with Crippen LogP contribution in [0.4, 0.5) is 0 Å². The number of rotatable bonds is 3. The molecule has 2 nitrogen and oxygen atoms in total. The molecule has 0 fully saturated rings. The highest BCUT2D eigenvalue weighted by molar-refractivity contribution is 7.89. The Balaban J connectivity index is 3.86. The van der Waals surface area contributed by atoms with Crippen LogP contribution in [0.1, 0.15) is 13.8 Å². The van der Waals surface area contributed by atoms with E-state index in [9.17, 15) is 4.21 Å². The fraction of sp³-hybridized carbons (Fsp3) is 0.857. The lowest BCUT2D eigenvalue weighted by atomic mass is 10.6. The lowest BCUT2D eigenvalue weighted by Gasteiger charge is -2.14. The van der Waals surface area contributed by atoms with Gasteiger partial charge in [0.15, 0.2) is 0 Å². The van der Waals surface area contributed by atoms with Crippen LogP contribution in [0.2, 0.25) is 0 Å². The van der Waals surface area contributed by atoms with E-state index in [-0.39, 0.29) is 5.25 Å². The number of hydrogen-bond acceptors (Lipinski definition) is 2. The molecule has 0 rings (SSSR count). The second-order valence-corrected chi connectivity index (χ2v) is 5.33. The predicted octanol–water partition coefficient (Wildman–Crippen LogP) is 1.03. The molecule has 0 aromatic rings. The maximum atomic E-state index is 11.3. The highest BCUT2D eigenvalue weighted by Gasteiger charge is 2.08. The molecule has 0 bridgehead atoms. The van der Waals surface area contributed by atoms with Gasteiger partial charge in [-0.15, -0.1) is 0 Å². The lowest BCUT2D eigenvalue weighted by Crippen LogP contribution is -2.27. The first-order chi connectivity index (χ1) is 4.95. The number of thiocarbonyl (C=S) groups is 1. The summed E-state index contributed by atoms with van der Waals surface area (Å²) in [5, 5.41) is 0.202. The smallest absolute Gasteiger partial charge is 0.0900 e. The Morgan fingerprint density at radius 1 is 1.55 bits per heavy atom. The van der Waals surface area contributed by atoms with Gasteiger partial charge in [0.1, 0.15) is 0 Å². The van der Waals surface area contributed by atoms with Crippen molar-refractivity contribution in [2.45, 2.75) is 19.1 Å². The van der Waals surface area contributed by atoms with Crippen LogP contribution in [0.5, 0.6) is 0 Å². The van der Waals surface area contributed by atoms with Crippen molar-refractivity contribution in [1.82, 2.24) is 4.90 Å². The highest BCUT2D eigenvalue weighted by atomic mass is 32.2. The molecule has 0 spiro atoms. The van der Waals surface area contributed by atoms with E-state index in [0.717, 1.165) is 4.99 Å². The third kappa shape index (κ3) is 4.48. The van der Waals surface area contributed by atoms with Gasteiger partial charge in [-0.2, -0.15) is 0 Å². The van der Waals surface area contributed by atoms with Crippen LogP contribution < -0.4 is 0 Å². The Bertz CT molecular complexity index is 148. The van der Waals surface area contributed by atoms with Gasteiger partial charge >= 0.3 is 0 Å². The van der Waals surface area contributed by atoms with Crippen LogP contribution >= 0.6 is 12.2 Å². The molecule has 0 saturated heterocycles. The molecule has 0 aromatic heterocycles. The average molecular weight is 193 g/mol. The van der Waals surface area contributed by atoms with Crippen molar-refractivity contribution >= 4 is 28.0 Å². The van der Waals surface area contributed by atoms with Crippen LogP contribution in [0.3, 0.4) is 0 Å². The van der Waals surface area contributed by atoms with Crippen LogP contribution in [0.25, 0.3) is 0 Å². The van der Waals surface area contributed by atoms with Gasteiger partial charge in [-0.1, -0.05) is 26.1 Å². The summed E-state index contributed by atoms with van der Waals surface area (Å²) < 4.78 is 11.3. The minimum Gasteiger partial charge on any atom is -0.372 e. The minimum absolute atomic E-state index is 0.202. The Hall–Kier alpha value is 0.0400. The molecule has 0 aliphatic rings. The van der Waals surface area contributed by atoms with Crippen molar-refractivity contribution in [1.29, 1.82) is 0 Å². The Morgan fingerprint density at radius 3 is 2.27 bits per heavy atom. The van der Waals surface area contributed by atoms with Crippen molar-refractivity contribution < 1.29 is 4.21 Å². The SMILES string of the molecule is CC(C)S(=O)CC(=S)N(C)C. The highest BCUT2D eigenvalue weighted by Crippen LogP contribution is 1.96. The normalized spacial score (nSPS) is 13.2. The summed E-state index contributed by atoms with van der Waals surface area (Å²) in [6, 6.07) is 0. The fourth-order valence-electron chi connectivity index (χ4n) is 0.417. The van der Waals surface area contributed by atoms with Crippen LogP contribution in [0, 0.1) is 0 Å². The van der Waals surface area contributed by atoms with Crippen molar-refractivity contribution in [3.63, 3.8) is 0 Å². The first-order valence-corrected chi connectivity index (χ1v) is 5.31. The third-order valence-corrected chi connectivity index (χ3v) is 3.59. The van der Waals surface area contributed by atoms with E-state index in [1.165, 1.54) is 0 Å². The molecule has 11 heavy (non-hydrogen) atoms. The lowest BCUT2D eigenvalue weighted by molar-refractivity contribution is 0.629. The molecule has 4 heteroatoms. The van der Waals surface area contributed by atoms with Gasteiger partial charge in [0, 0.05) is 30.1 Å². The second-order valence-electron chi connectivity index (χ2n) is 2.86. The summed E-state index contributed by atoms with van der Waals surface area (Å²) in [5.74, 6) is 0.514. The molecule has 0 radical (unpaired) electrons. The minimum atomic E-state index is -0.805. The topological polar surface area (TPSA) is 20.3 Å². The number of nitrogens with zero attached hydrogens (tertiary/aromatic N) is 1. The fourth-order valence-corrected chi connectivity index (χ4v) is 1.60. The molecule has 0 N–H and O–H groups in total. The first-order valence-electron chi connectivity index (χ1n) is 3.52. The van der Waals surface area contributed by atoms with E-state index in [1.807, 2.05) is 32.8 Å². The standard InChI is InChI=1S/C7H15NOS2/c1-6(2)11(9)5-7(10)8(3)4/h6H,5H2,1-4H3. The molecule has 66 valence electrons. The molecule has 0 saturated carbocycles. The van der Waals surface area contributed by atoms with Gasteiger partial charge < -0.3 is 4.90 Å². The zero-order chi connectivity index (χ0) is 9.02. The van der Waals surface area contributed by atoms with Crippen molar-refractivity contribution in [2.24, 2.45) is 0 Å². The van der Waals surface area contributed by atoms with Crippen molar-refractivity contribution in [2.75, 3.05) is 19.8 Å². The van der Waals surface area contributed by atoms with E-state index < -0.39 is 10.8 Å². The summed E-state index contributed by atoms with van der Waals surface area (Å²) in [6.07, 6.45) is 0. The molecular weight excluding hydrogens is 178 g/mol. The van der Waals surface area contributed by atoms with Crippen molar-refractivity contribution in [3.8, 4) is 0 Å². The monoisotopic (exact) mass is 193 g/mol. The quantitative estimate of drug-likeness (QED) is 0.625. The van der Waals surface area contributed by atoms with E-state index in [0.29, 0.717) is 5.75 Å². The largest absolute Gasteiger partial charge is 0.372 e. The summed E-state index contributed by atoms with van der Waals surface area (Å²) in [6.45, 7) is 3.88. The van der Waals surface area contributed by atoms with Crippen LogP contribution in [-0.2, 0) is 10.8 Å². The van der Waals surface area contributed by atoms with E-state index >= 15 is 0 Å². The maximum Gasteiger partial charge on any atom is 0.0900 e. The maximum absolute atomic E-state index is 11.3. The summed E-state index contributed by atoms with van der Waals surface area (Å²) >= 11 is 5.01. The zero-order valence-corrected chi connectivity index (χ0v) is 9.09. The second kappa shape index (κ2) is 4.83. The van der Waals surface area contributed by atoms with Gasteiger partial charge in [-0.05, 0) is 0 Å². The van der Waals surface area contributed by atoms with Gasteiger partial charge in [-0.3, -0.25) is 4.21 Å². The van der Waals surface area contributed by atoms with E-state index in [1.54, 1.807) is 0 Å². The average Bonchev–Trinajstić information content (AvgIpc) is 1.87. The summed E-state index contributed by atoms with van der Waals surface area (Å²) in [4.78, 5) is 2.59. The number of hydrogen-bond donors (Lipinski definition) is 0. The molecule has 0 amide bonds. The summed E-state index contributed by atoms with van der Waals surface area (Å²) in [5.41, 5.74) is 0. The molecule has 0 heterocycles. The molecule has 0 aliphatic carbocycles. The first kappa shape index (κ1) is 11.0. The Kier molecular flexibility index (Phi) is 4.84.